The Morgan fingerprint density at radius 2 is 2.05 bits per heavy atom. The van der Waals surface area contributed by atoms with Crippen molar-refractivity contribution in [1.29, 1.82) is 0 Å². The molecular formula is C15H19ClN4S. The van der Waals surface area contributed by atoms with E-state index in [1.807, 2.05) is 12.3 Å². The predicted molar refractivity (Wildman–Crippen MR) is 88.7 cm³/mol. The molecule has 0 aliphatic rings. The summed E-state index contributed by atoms with van der Waals surface area (Å²) in [5.74, 6) is 1.39. The van der Waals surface area contributed by atoms with E-state index >= 15 is 0 Å². The van der Waals surface area contributed by atoms with E-state index < -0.39 is 0 Å². The van der Waals surface area contributed by atoms with Crippen molar-refractivity contribution < 1.29 is 0 Å². The van der Waals surface area contributed by atoms with E-state index in [0.29, 0.717) is 16.1 Å². The van der Waals surface area contributed by atoms with Crippen LogP contribution in [-0.2, 0) is 6.42 Å². The van der Waals surface area contributed by atoms with E-state index in [9.17, 15) is 0 Å². The second kappa shape index (κ2) is 8.20. The van der Waals surface area contributed by atoms with Crippen LogP contribution >= 0.6 is 23.4 Å². The largest absolute Gasteiger partial charge is 0.384 e. The van der Waals surface area contributed by atoms with Gasteiger partial charge in [0.1, 0.15) is 11.0 Å². The summed E-state index contributed by atoms with van der Waals surface area (Å²) >= 11 is 7.44. The van der Waals surface area contributed by atoms with Crippen molar-refractivity contribution in [2.75, 3.05) is 11.5 Å². The third-order valence-electron chi connectivity index (χ3n) is 2.97. The molecule has 0 unspecified atom stereocenters. The molecule has 0 saturated heterocycles. The normalized spacial score (nSPS) is 10.8. The van der Waals surface area contributed by atoms with Gasteiger partial charge in [0.05, 0.1) is 0 Å². The Morgan fingerprint density at radius 1 is 1.19 bits per heavy atom. The van der Waals surface area contributed by atoms with Crippen LogP contribution in [-0.4, -0.2) is 20.7 Å². The minimum atomic E-state index is 0.399. The first-order chi connectivity index (χ1) is 10.1. The average molecular weight is 323 g/mol. The van der Waals surface area contributed by atoms with E-state index in [2.05, 4.69) is 27.9 Å². The van der Waals surface area contributed by atoms with Crippen LogP contribution in [0.1, 0.15) is 30.5 Å². The van der Waals surface area contributed by atoms with Crippen LogP contribution in [0.25, 0.3) is 0 Å². The molecule has 112 valence electrons. The summed E-state index contributed by atoms with van der Waals surface area (Å²) in [5, 5.41) is 1.05. The van der Waals surface area contributed by atoms with Gasteiger partial charge in [-0.05, 0) is 43.9 Å². The van der Waals surface area contributed by atoms with Crippen LogP contribution in [0, 0.1) is 6.92 Å². The van der Waals surface area contributed by atoms with Gasteiger partial charge in [-0.25, -0.2) is 9.97 Å². The summed E-state index contributed by atoms with van der Waals surface area (Å²) in [6.45, 7) is 2.10. The van der Waals surface area contributed by atoms with Gasteiger partial charge in [0.2, 0.25) is 0 Å². The molecular weight excluding hydrogens is 304 g/mol. The van der Waals surface area contributed by atoms with Gasteiger partial charge in [-0.3, -0.25) is 4.98 Å². The molecule has 2 heterocycles. The Labute approximate surface area is 134 Å². The molecule has 2 N–H and O–H groups in total. The molecule has 21 heavy (non-hydrogen) atoms. The van der Waals surface area contributed by atoms with Crippen molar-refractivity contribution in [3.05, 3.63) is 40.8 Å². The highest BCUT2D eigenvalue weighted by atomic mass is 35.5. The highest BCUT2D eigenvalue weighted by molar-refractivity contribution is 7.99. The van der Waals surface area contributed by atoms with E-state index in [-0.39, 0.29) is 0 Å². The van der Waals surface area contributed by atoms with Gasteiger partial charge >= 0.3 is 0 Å². The number of pyridine rings is 1. The Hall–Kier alpha value is -1.33. The number of unbranched alkanes of at least 4 members (excludes halogenated alkanes) is 2. The topological polar surface area (TPSA) is 64.7 Å². The first kappa shape index (κ1) is 16.0. The summed E-state index contributed by atoms with van der Waals surface area (Å²) in [6, 6.07) is 5.73. The number of aromatic nitrogens is 3. The first-order valence-electron chi connectivity index (χ1n) is 6.98. The summed E-state index contributed by atoms with van der Waals surface area (Å²) in [7, 11) is 0. The van der Waals surface area contributed by atoms with Crippen LogP contribution in [0.3, 0.4) is 0 Å². The molecule has 6 heteroatoms. The standard InChI is InChI=1S/C15H19ClN4S/c1-11-6-7-18-12(9-11)5-3-2-4-8-21-15-19-13(16)10-14(17)20-15/h6-7,9-10H,2-5,8H2,1H3,(H2,17,19,20). The van der Waals surface area contributed by atoms with Crippen molar-refractivity contribution in [2.24, 2.45) is 0 Å². The zero-order valence-corrected chi connectivity index (χ0v) is 13.6. The minimum absolute atomic E-state index is 0.399. The molecule has 0 fully saturated rings. The third kappa shape index (κ3) is 5.89. The molecule has 2 aromatic heterocycles. The lowest BCUT2D eigenvalue weighted by molar-refractivity contribution is 0.711. The van der Waals surface area contributed by atoms with Gasteiger partial charge < -0.3 is 5.73 Å². The number of nitrogens with two attached hydrogens (primary N) is 1. The van der Waals surface area contributed by atoms with Gasteiger partial charge in [0, 0.05) is 23.7 Å². The maximum Gasteiger partial charge on any atom is 0.190 e. The Balaban J connectivity index is 1.64. The van der Waals surface area contributed by atoms with Gasteiger partial charge in [-0.2, -0.15) is 0 Å². The summed E-state index contributed by atoms with van der Waals surface area (Å²) in [5.41, 5.74) is 8.08. The van der Waals surface area contributed by atoms with Gasteiger partial charge in [-0.15, -0.1) is 0 Å². The maximum absolute atomic E-state index is 5.84. The Bertz CT molecular complexity index is 571. The zero-order chi connectivity index (χ0) is 15.1. The second-order valence-electron chi connectivity index (χ2n) is 4.88. The highest BCUT2D eigenvalue weighted by Crippen LogP contribution is 2.19. The van der Waals surface area contributed by atoms with Crippen molar-refractivity contribution in [1.82, 2.24) is 15.0 Å². The number of nitrogens with zero attached hydrogens (tertiary/aromatic N) is 3. The number of nitrogen functional groups attached to an aromatic ring is 1. The summed E-state index contributed by atoms with van der Waals surface area (Å²) in [6.07, 6.45) is 6.34. The molecule has 0 atom stereocenters. The molecule has 0 radical (unpaired) electrons. The van der Waals surface area contributed by atoms with Crippen molar-refractivity contribution in [3.63, 3.8) is 0 Å². The van der Waals surface area contributed by atoms with Crippen LogP contribution in [0.4, 0.5) is 5.82 Å². The highest BCUT2D eigenvalue weighted by Gasteiger charge is 2.02. The third-order valence-corrected chi connectivity index (χ3v) is 4.10. The van der Waals surface area contributed by atoms with E-state index in [1.165, 1.54) is 17.7 Å². The number of anilines is 1. The first-order valence-corrected chi connectivity index (χ1v) is 8.34. The average Bonchev–Trinajstić information content (AvgIpc) is 2.42. The number of hydrogen-bond acceptors (Lipinski definition) is 5. The number of aryl methyl sites for hydroxylation is 2. The van der Waals surface area contributed by atoms with Gasteiger partial charge in [0.15, 0.2) is 5.16 Å². The monoisotopic (exact) mass is 322 g/mol. The molecule has 0 aromatic carbocycles. The lowest BCUT2D eigenvalue weighted by Crippen LogP contribution is -1.95. The van der Waals surface area contributed by atoms with Crippen LogP contribution < -0.4 is 5.73 Å². The number of thioether (sulfide) groups is 1. The number of halogens is 1. The maximum atomic E-state index is 5.84. The fourth-order valence-corrected chi connectivity index (χ4v) is 3.07. The Kier molecular flexibility index (Phi) is 6.26. The van der Waals surface area contributed by atoms with Crippen LogP contribution in [0.15, 0.2) is 29.6 Å². The molecule has 0 aliphatic heterocycles. The minimum Gasteiger partial charge on any atom is -0.384 e. The quantitative estimate of drug-likeness (QED) is 0.362. The van der Waals surface area contributed by atoms with Crippen molar-refractivity contribution in [3.8, 4) is 0 Å². The number of hydrogen-bond donors (Lipinski definition) is 1. The molecule has 0 aliphatic carbocycles. The van der Waals surface area contributed by atoms with Gasteiger partial charge in [0.25, 0.3) is 0 Å². The van der Waals surface area contributed by atoms with Crippen molar-refractivity contribution >= 4 is 29.2 Å². The van der Waals surface area contributed by atoms with Crippen molar-refractivity contribution in [2.45, 2.75) is 37.8 Å². The molecule has 2 rings (SSSR count). The fraction of sp³-hybridized carbons (Fsp3) is 0.400. The van der Waals surface area contributed by atoms with Crippen LogP contribution in [0.2, 0.25) is 5.15 Å². The summed E-state index contributed by atoms with van der Waals surface area (Å²) < 4.78 is 0. The molecule has 0 bridgehead atoms. The molecule has 4 nitrogen and oxygen atoms in total. The lowest BCUT2D eigenvalue weighted by atomic mass is 10.1. The second-order valence-corrected chi connectivity index (χ2v) is 6.33. The fourth-order valence-electron chi connectivity index (χ4n) is 1.96. The van der Waals surface area contributed by atoms with Gasteiger partial charge in [-0.1, -0.05) is 29.8 Å². The SMILES string of the molecule is Cc1ccnc(CCCCCSc2nc(N)cc(Cl)n2)c1. The van der Waals surface area contributed by atoms with Crippen LogP contribution in [0.5, 0.6) is 0 Å². The predicted octanol–water partition coefficient (Wildman–Crippen LogP) is 3.92. The molecule has 0 amide bonds. The number of rotatable bonds is 7. The Morgan fingerprint density at radius 3 is 2.81 bits per heavy atom. The van der Waals surface area contributed by atoms with E-state index in [4.69, 9.17) is 17.3 Å². The smallest absolute Gasteiger partial charge is 0.190 e. The van der Waals surface area contributed by atoms with E-state index in [1.54, 1.807) is 17.8 Å². The summed E-state index contributed by atoms with van der Waals surface area (Å²) in [4.78, 5) is 12.7. The molecule has 0 saturated carbocycles. The zero-order valence-electron chi connectivity index (χ0n) is 12.1. The van der Waals surface area contributed by atoms with E-state index in [0.717, 1.165) is 25.0 Å². The lowest BCUT2D eigenvalue weighted by Gasteiger charge is -2.03. The molecule has 2 aromatic rings. The molecule has 0 spiro atoms.